The van der Waals surface area contributed by atoms with E-state index >= 15 is 0 Å². The second-order valence-electron chi connectivity index (χ2n) is 13.0. The predicted octanol–water partition coefficient (Wildman–Crippen LogP) is 7.09. The van der Waals surface area contributed by atoms with Crippen molar-refractivity contribution in [2.45, 2.75) is 90.7 Å². The molecule has 3 aromatic rings. The van der Waals surface area contributed by atoms with E-state index in [1.165, 1.54) is 11.3 Å². The van der Waals surface area contributed by atoms with Crippen molar-refractivity contribution in [3.05, 3.63) is 52.5 Å². The first-order chi connectivity index (χ1) is 19.6. The molecule has 1 saturated heterocycles. The number of hydrogen-bond donors (Lipinski definition) is 0. The lowest BCUT2D eigenvalue weighted by molar-refractivity contribution is -0.0212. The molecule has 4 heterocycles. The van der Waals surface area contributed by atoms with Gasteiger partial charge in [-0.15, -0.1) is 11.3 Å². The normalized spacial score (nSPS) is 20.0. The Balaban J connectivity index is 1.49. The van der Waals surface area contributed by atoms with Crippen LogP contribution in [0.5, 0.6) is 5.06 Å². The van der Waals surface area contributed by atoms with Gasteiger partial charge in [0.1, 0.15) is 17.3 Å². The molecule has 1 aromatic carbocycles. The minimum absolute atomic E-state index is 0.199. The topological polar surface area (TPSA) is 73.2 Å². The molecule has 2 aliphatic rings. The number of likely N-dealkylation sites (tertiary alicyclic amines) is 1. The summed E-state index contributed by atoms with van der Waals surface area (Å²) in [4.78, 5) is 30.1. The number of amides is 1. The maximum Gasteiger partial charge on any atom is 0.419 e. The number of halogens is 2. The van der Waals surface area contributed by atoms with Crippen LogP contribution >= 0.6 is 11.3 Å². The first kappa shape index (κ1) is 30.3. The van der Waals surface area contributed by atoms with Crippen molar-refractivity contribution in [1.82, 2.24) is 14.4 Å². The molecule has 2 aromatic heterocycles. The van der Waals surface area contributed by atoms with Gasteiger partial charge in [0, 0.05) is 16.3 Å². The highest BCUT2D eigenvalue weighted by molar-refractivity contribution is 7.13. The molecule has 5 rings (SSSR count). The Morgan fingerprint density at radius 2 is 1.62 bits per heavy atom. The number of nitrogens with zero attached hydrogens (tertiary/aromatic N) is 3. The summed E-state index contributed by atoms with van der Waals surface area (Å²) in [6.45, 7) is 13.2. The number of thiophene rings is 1. The molecule has 0 radical (unpaired) electrons. The van der Waals surface area contributed by atoms with Crippen molar-refractivity contribution >= 4 is 34.4 Å². The number of benzene rings is 1. The van der Waals surface area contributed by atoms with E-state index in [0.29, 0.717) is 35.8 Å². The van der Waals surface area contributed by atoms with Gasteiger partial charge in [0.05, 0.1) is 36.9 Å². The van der Waals surface area contributed by atoms with Crippen LogP contribution in [0.3, 0.4) is 0 Å². The van der Waals surface area contributed by atoms with Crippen molar-refractivity contribution in [3.63, 3.8) is 0 Å². The quantitative estimate of drug-likeness (QED) is 0.310. The second-order valence-corrected chi connectivity index (χ2v) is 14.1. The Labute approximate surface area is 249 Å². The van der Waals surface area contributed by atoms with Crippen LogP contribution in [-0.2, 0) is 15.9 Å². The monoisotopic (exact) mass is 603 g/mol. The van der Waals surface area contributed by atoms with E-state index in [1.54, 1.807) is 35.1 Å². The average molecular weight is 604 g/mol. The SMILES string of the molecule is C[C@@H]1Cc2c(n(C(=O)OC(C)(C)C)c3ccccc23)[C@@H](c2ccc(OC3CN(C(=O)OC(C)(C)C)C3)s2)N1CC(F)F. The molecule has 0 bridgehead atoms. The molecule has 0 spiro atoms. The zero-order chi connectivity index (χ0) is 30.6. The van der Waals surface area contributed by atoms with Crippen molar-refractivity contribution in [1.29, 1.82) is 0 Å². The Morgan fingerprint density at radius 1 is 0.976 bits per heavy atom. The molecule has 2 aliphatic heterocycles. The lowest BCUT2D eigenvalue weighted by Crippen LogP contribution is -2.57. The van der Waals surface area contributed by atoms with Crippen LogP contribution < -0.4 is 4.74 Å². The largest absolute Gasteiger partial charge is 0.477 e. The van der Waals surface area contributed by atoms with Crippen molar-refractivity contribution < 1.29 is 32.6 Å². The van der Waals surface area contributed by atoms with Gasteiger partial charge in [-0.3, -0.25) is 4.90 Å². The molecule has 1 fully saturated rings. The number of fused-ring (bicyclic) bond motifs is 3. The van der Waals surface area contributed by atoms with Crippen LogP contribution in [0.15, 0.2) is 36.4 Å². The smallest absolute Gasteiger partial charge is 0.419 e. The van der Waals surface area contributed by atoms with Crippen molar-refractivity contribution in [3.8, 4) is 5.06 Å². The van der Waals surface area contributed by atoms with E-state index in [-0.39, 0.29) is 18.2 Å². The van der Waals surface area contributed by atoms with Gasteiger partial charge in [0.2, 0.25) is 0 Å². The molecule has 1 amide bonds. The zero-order valence-electron chi connectivity index (χ0n) is 25.1. The molecular formula is C31H39F2N3O5S. The van der Waals surface area contributed by atoms with E-state index in [4.69, 9.17) is 14.2 Å². The van der Waals surface area contributed by atoms with Crippen LogP contribution in [0.1, 0.15) is 70.6 Å². The first-order valence-corrected chi connectivity index (χ1v) is 15.1. The summed E-state index contributed by atoms with van der Waals surface area (Å²) < 4.78 is 46.9. The van der Waals surface area contributed by atoms with E-state index in [0.717, 1.165) is 15.8 Å². The number of rotatable bonds is 5. The Morgan fingerprint density at radius 3 is 2.26 bits per heavy atom. The summed E-state index contributed by atoms with van der Waals surface area (Å²) in [6.07, 6.45) is -3.15. The number of carbonyl (C=O) groups is 2. The summed E-state index contributed by atoms with van der Waals surface area (Å²) in [6, 6.07) is 10.5. The minimum atomic E-state index is -2.56. The molecule has 228 valence electrons. The highest BCUT2D eigenvalue weighted by atomic mass is 32.1. The second kappa shape index (κ2) is 11.1. The Hall–Kier alpha value is -3.18. The molecule has 11 heteroatoms. The van der Waals surface area contributed by atoms with E-state index in [2.05, 4.69) is 0 Å². The molecule has 2 atom stereocenters. The van der Waals surface area contributed by atoms with Gasteiger partial charge < -0.3 is 19.1 Å². The highest BCUT2D eigenvalue weighted by Gasteiger charge is 2.42. The van der Waals surface area contributed by atoms with Crippen LogP contribution in [-0.4, -0.2) is 76.0 Å². The molecular weight excluding hydrogens is 564 g/mol. The third kappa shape index (κ3) is 6.27. The third-order valence-electron chi connectivity index (χ3n) is 7.26. The van der Waals surface area contributed by atoms with Gasteiger partial charge in [0.15, 0.2) is 5.06 Å². The van der Waals surface area contributed by atoms with Crippen LogP contribution in [0.2, 0.25) is 0 Å². The fourth-order valence-corrected chi connectivity index (χ4v) is 6.64. The molecule has 0 N–H and O–H groups in total. The standard InChI is InChI=1S/C31H39F2N3O5S/c1-18-14-21-20-10-8-9-11-22(20)36(29(38)41-31(5,6)7)26(21)27(35(18)17-24(32)33)23-12-13-25(42-23)39-19-15-34(16-19)28(37)40-30(2,3)4/h8-13,18-19,24,27H,14-17H2,1-7H3/t18-,27-/m1/s1. The third-order valence-corrected chi connectivity index (χ3v) is 8.28. The van der Waals surface area contributed by atoms with E-state index in [1.807, 2.05) is 64.1 Å². The minimum Gasteiger partial charge on any atom is -0.477 e. The summed E-state index contributed by atoms with van der Waals surface area (Å²) >= 11 is 1.37. The summed E-state index contributed by atoms with van der Waals surface area (Å²) in [7, 11) is 0. The lowest BCUT2D eigenvalue weighted by Gasteiger charge is -2.41. The number of carbonyl (C=O) groups excluding carboxylic acids is 2. The Bertz CT molecular complexity index is 1470. The molecule has 0 saturated carbocycles. The lowest BCUT2D eigenvalue weighted by atomic mass is 9.91. The zero-order valence-corrected chi connectivity index (χ0v) is 26.0. The van der Waals surface area contributed by atoms with E-state index < -0.39 is 36.3 Å². The van der Waals surface area contributed by atoms with Crippen LogP contribution in [0.4, 0.5) is 18.4 Å². The maximum absolute atomic E-state index is 14.0. The van der Waals surface area contributed by atoms with Crippen LogP contribution in [0, 0.1) is 0 Å². The molecule has 0 aliphatic carbocycles. The fraction of sp³-hybridized carbons (Fsp3) is 0.548. The first-order valence-electron chi connectivity index (χ1n) is 14.2. The van der Waals surface area contributed by atoms with Gasteiger partial charge >= 0.3 is 12.2 Å². The van der Waals surface area contributed by atoms with E-state index in [9.17, 15) is 18.4 Å². The Kier molecular flexibility index (Phi) is 8.04. The van der Waals surface area contributed by atoms with Gasteiger partial charge in [0.25, 0.3) is 6.43 Å². The number of alkyl halides is 2. The summed E-state index contributed by atoms with van der Waals surface area (Å²) in [5, 5.41) is 1.53. The average Bonchev–Trinajstić information content (AvgIpc) is 3.41. The van der Waals surface area contributed by atoms with Gasteiger partial charge in [-0.05, 0) is 78.6 Å². The predicted molar refractivity (Wildman–Crippen MR) is 158 cm³/mol. The van der Waals surface area contributed by atoms with Crippen molar-refractivity contribution in [2.24, 2.45) is 0 Å². The van der Waals surface area contributed by atoms with Crippen molar-refractivity contribution in [2.75, 3.05) is 19.6 Å². The number of aromatic nitrogens is 1. The van der Waals surface area contributed by atoms with Gasteiger partial charge in [-0.1, -0.05) is 18.2 Å². The molecule has 42 heavy (non-hydrogen) atoms. The number of hydrogen-bond acceptors (Lipinski definition) is 7. The van der Waals surface area contributed by atoms with Crippen LogP contribution in [0.25, 0.3) is 10.9 Å². The summed E-state index contributed by atoms with van der Waals surface area (Å²) in [5.41, 5.74) is 0.986. The molecule has 0 unspecified atom stereocenters. The summed E-state index contributed by atoms with van der Waals surface area (Å²) in [5.74, 6) is 0. The number of ether oxygens (including phenoxy) is 3. The van der Waals surface area contributed by atoms with Gasteiger partial charge in [-0.2, -0.15) is 0 Å². The maximum atomic E-state index is 14.0. The van der Waals surface area contributed by atoms with Gasteiger partial charge in [-0.25, -0.2) is 22.9 Å². The highest BCUT2D eigenvalue weighted by Crippen LogP contribution is 2.46. The fourth-order valence-electron chi connectivity index (χ4n) is 5.60. The number of para-hydroxylation sites is 1. The molecule has 8 nitrogen and oxygen atoms in total.